The molecule has 0 spiro atoms. The first-order valence-electron chi connectivity index (χ1n) is 11.1. The van der Waals surface area contributed by atoms with Crippen molar-refractivity contribution in [3.63, 3.8) is 0 Å². The first-order valence-corrected chi connectivity index (χ1v) is 11.1. The molecule has 3 N–H and O–H groups in total. The van der Waals surface area contributed by atoms with E-state index >= 15 is 0 Å². The Labute approximate surface area is 188 Å². The van der Waals surface area contributed by atoms with Crippen molar-refractivity contribution in [2.75, 3.05) is 6.61 Å². The standard InChI is InChI=1S/C25H30N2O5/c1-3-9-16(14-23(28)29)26-24(30)22(4-2)27-25(31)32-15-21-19-12-7-5-10-17(19)18-11-6-8-13-20(18)21/h5-8,10-13,16,21-22H,3-4,9,14-15H2,1-2H3,(H,26,30)(H,27,31)(H,28,29)/t16-,22-/m0/s1. The maximum Gasteiger partial charge on any atom is 0.407 e. The number of alkyl carbamates (subject to hydrolysis) is 1. The third kappa shape index (κ3) is 5.46. The first kappa shape index (κ1) is 23.3. The first-order chi connectivity index (χ1) is 15.4. The van der Waals surface area contributed by atoms with Crippen LogP contribution < -0.4 is 10.6 Å². The minimum Gasteiger partial charge on any atom is -0.481 e. The molecule has 0 radical (unpaired) electrons. The SMILES string of the molecule is CCC[C@@H](CC(=O)O)NC(=O)[C@H](CC)NC(=O)OCC1c2ccccc2-c2ccccc21. The fourth-order valence-electron chi connectivity index (χ4n) is 4.22. The van der Waals surface area contributed by atoms with Gasteiger partial charge in [-0.05, 0) is 35.1 Å². The summed E-state index contributed by atoms with van der Waals surface area (Å²) >= 11 is 0. The van der Waals surface area contributed by atoms with Gasteiger partial charge in [-0.25, -0.2) is 4.79 Å². The monoisotopic (exact) mass is 438 g/mol. The topological polar surface area (TPSA) is 105 Å². The summed E-state index contributed by atoms with van der Waals surface area (Å²) in [6.07, 6.45) is 0.844. The van der Waals surface area contributed by atoms with Crippen LogP contribution in [0.15, 0.2) is 48.5 Å². The van der Waals surface area contributed by atoms with Crippen LogP contribution in [0.3, 0.4) is 0 Å². The van der Waals surface area contributed by atoms with E-state index in [0.717, 1.165) is 28.7 Å². The van der Waals surface area contributed by atoms with Crippen LogP contribution in [0.4, 0.5) is 4.79 Å². The summed E-state index contributed by atoms with van der Waals surface area (Å²) in [7, 11) is 0. The number of ether oxygens (including phenoxy) is 1. The van der Waals surface area contributed by atoms with E-state index in [2.05, 4.69) is 22.8 Å². The summed E-state index contributed by atoms with van der Waals surface area (Å²) in [5, 5.41) is 14.4. The molecule has 0 saturated carbocycles. The lowest BCUT2D eigenvalue weighted by Gasteiger charge is -2.22. The molecule has 0 aliphatic heterocycles. The molecular weight excluding hydrogens is 408 g/mol. The molecule has 2 aromatic carbocycles. The lowest BCUT2D eigenvalue weighted by atomic mass is 9.98. The van der Waals surface area contributed by atoms with Crippen molar-refractivity contribution in [2.24, 2.45) is 0 Å². The molecule has 1 aliphatic carbocycles. The van der Waals surface area contributed by atoms with Gasteiger partial charge < -0.3 is 20.5 Å². The zero-order valence-corrected chi connectivity index (χ0v) is 18.5. The van der Waals surface area contributed by atoms with E-state index in [1.807, 2.05) is 43.3 Å². The zero-order chi connectivity index (χ0) is 23.1. The molecule has 7 heteroatoms. The van der Waals surface area contributed by atoms with Crippen LogP contribution in [-0.2, 0) is 14.3 Å². The van der Waals surface area contributed by atoms with Crippen LogP contribution in [0.1, 0.15) is 56.6 Å². The molecule has 2 atom stereocenters. The Hall–Kier alpha value is -3.35. The van der Waals surface area contributed by atoms with Crippen LogP contribution in [0, 0.1) is 0 Å². The van der Waals surface area contributed by atoms with Crippen molar-refractivity contribution in [2.45, 2.75) is 57.5 Å². The second-order valence-corrected chi connectivity index (χ2v) is 8.02. The van der Waals surface area contributed by atoms with E-state index in [1.54, 1.807) is 6.92 Å². The number of amides is 2. The number of aliphatic carboxylic acids is 1. The Balaban J connectivity index is 1.60. The van der Waals surface area contributed by atoms with Crippen LogP contribution in [0.25, 0.3) is 11.1 Å². The second-order valence-electron chi connectivity index (χ2n) is 8.02. The summed E-state index contributed by atoms with van der Waals surface area (Å²) < 4.78 is 5.52. The molecule has 2 amide bonds. The Bertz CT molecular complexity index is 929. The number of hydrogen-bond acceptors (Lipinski definition) is 4. The Kier molecular flexibility index (Phi) is 7.87. The van der Waals surface area contributed by atoms with Gasteiger partial charge in [-0.3, -0.25) is 9.59 Å². The van der Waals surface area contributed by atoms with Crippen molar-refractivity contribution < 1.29 is 24.2 Å². The van der Waals surface area contributed by atoms with Gasteiger partial charge in [-0.1, -0.05) is 68.8 Å². The summed E-state index contributed by atoms with van der Waals surface area (Å²) in [4.78, 5) is 36.1. The van der Waals surface area contributed by atoms with Crippen molar-refractivity contribution in [3.05, 3.63) is 59.7 Å². The van der Waals surface area contributed by atoms with Crippen LogP contribution >= 0.6 is 0 Å². The van der Waals surface area contributed by atoms with Crippen molar-refractivity contribution >= 4 is 18.0 Å². The predicted octanol–water partition coefficient (Wildman–Crippen LogP) is 4.06. The van der Waals surface area contributed by atoms with E-state index in [0.29, 0.717) is 12.8 Å². The van der Waals surface area contributed by atoms with Crippen LogP contribution in [0.2, 0.25) is 0 Å². The van der Waals surface area contributed by atoms with Crippen molar-refractivity contribution in [3.8, 4) is 11.1 Å². The maximum absolute atomic E-state index is 12.6. The number of carboxylic acids is 1. The van der Waals surface area contributed by atoms with Gasteiger partial charge in [-0.2, -0.15) is 0 Å². The van der Waals surface area contributed by atoms with Crippen molar-refractivity contribution in [1.29, 1.82) is 0 Å². The zero-order valence-electron chi connectivity index (χ0n) is 18.5. The molecule has 2 aromatic rings. The van der Waals surface area contributed by atoms with Gasteiger partial charge >= 0.3 is 12.1 Å². The molecule has 0 aromatic heterocycles. The Morgan fingerprint density at radius 3 is 2.09 bits per heavy atom. The highest BCUT2D eigenvalue weighted by Crippen LogP contribution is 2.44. The molecule has 3 rings (SSSR count). The van der Waals surface area contributed by atoms with Gasteiger partial charge in [-0.15, -0.1) is 0 Å². The third-order valence-electron chi connectivity index (χ3n) is 5.77. The molecule has 1 aliphatic rings. The Morgan fingerprint density at radius 2 is 1.56 bits per heavy atom. The number of carboxylic acid groups (broad SMARTS) is 1. The van der Waals surface area contributed by atoms with Gasteiger partial charge in [0.1, 0.15) is 12.6 Å². The molecule has 170 valence electrons. The Morgan fingerprint density at radius 1 is 0.969 bits per heavy atom. The minimum absolute atomic E-state index is 0.0634. The quantitative estimate of drug-likeness (QED) is 0.519. The van der Waals surface area contributed by atoms with E-state index in [9.17, 15) is 14.4 Å². The lowest BCUT2D eigenvalue weighted by molar-refractivity contribution is -0.137. The highest BCUT2D eigenvalue weighted by molar-refractivity contribution is 5.86. The van der Waals surface area contributed by atoms with Crippen LogP contribution in [-0.4, -0.2) is 41.8 Å². The van der Waals surface area contributed by atoms with Gasteiger partial charge in [0.05, 0.1) is 6.42 Å². The average Bonchev–Trinajstić information content (AvgIpc) is 3.09. The minimum atomic E-state index is -0.971. The lowest BCUT2D eigenvalue weighted by Crippen LogP contribution is -2.50. The van der Waals surface area contributed by atoms with E-state index < -0.39 is 30.1 Å². The maximum atomic E-state index is 12.6. The summed E-state index contributed by atoms with van der Waals surface area (Å²) in [5.41, 5.74) is 4.51. The third-order valence-corrected chi connectivity index (χ3v) is 5.77. The number of rotatable bonds is 10. The van der Waals surface area contributed by atoms with Gasteiger partial charge in [0, 0.05) is 12.0 Å². The fourth-order valence-corrected chi connectivity index (χ4v) is 4.22. The molecule has 7 nitrogen and oxygen atoms in total. The van der Waals surface area contributed by atoms with Gasteiger partial charge in [0.2, 0.25) is 5.91 Å². The fraction of sp³-hybridized carbons (Fsp3) is 0.400. The summed E-state index contributed by atoms with van der Waals surface area (Å²) in [6, 6.07) is 14.9. The molecule has 0 heterocycles. The van der Waals surface area contributed by atoms with E-state index in [-0.39, 0.29) is 18.9 Å². The number of carbonyl (C=O) groups excluding carboxylic acids is 2. The number of hydrogen-bond donors (Lipinski definition) is 3. The molecule has 0 bridgehead atoms. The van der Waals surface area contributed by atoms with E-state index in [4.69, 9.17) is 9.84 Å². The number of benzene rings is 2. The van der Waals surface area contributed by atoms with Crippen LogP contribution in [0.5, 0.6) is 0 Å². The smallest absolute Gasteiger partial charge is 0.407 e. The molecule has 32 heavy (non-hydrogen) atoms. The highest BCUT2D eigenvalue weighted by atomic mass is 16.5. The summed E-state index contributed by atoms with van der Waals surface area (Å²) in [5.74, 6) is -1.44. The number of nitrogens with one attached hydrogen (secondary N) is 2. The summed E-state index contributed by atoms with van der Waals surface area (Å²) in [6.45, 7) is 3.86. The highest BCUT2D eigenvalue weighted by Gasteiger charge is 2.30. The molecule has 0 fully saturated rings. The molecule has 0 unspecified atom stereocenters. The van der Waals surface area contributed by atoms with Gasteiger partial charge in [0.25, 0.3) is 0 Å². The number of carbonyl (C=O) groups is 3. The second kappa shape index (κ2) is 10.8. The number of fused-ring (bicyclic) bond motifs is 3. The predicted molar refractivity (Wildman–Crippen MR) is 121 cm³/mol. The van der Waals surface area contributed by atoms with E-state index in [1.165, 1.54) is 0 Å². The van der Waals surface area contributed by atoms with Gasteiger partial charge in [0.15, 0.2) is 0 Å². The molecular formula is C25H30N2O5. The normalized spacial score (nSPS) is 14.1. The molecule has 0 saturated heterocycles. The van der Waals surface area contributed by atoms with Crippen molar-refractivity contribution in [1.82, 2.24) is 10.6 Å². The average molecular weight is 439 g/mol. The largest absolute Gasteiger partial charge is 0.481 e.